The van der Waals surface area contributed by atoms with E-state index < -0.39 is 5.97 Å². The minimum Gasteiger partial charge on any atom is -0.481 e. The predicted molar refractivity (Wildman–Crippen MR) is 105 cm³/mol. The summed E-state index contributed by atoms with van der Waals surface area (Å²) >= 11 is 1.45. The fourth-order valence-corrected chi connectivity index (χ4v) is 4.20. The Bertz CT molecular complexity index is 1110. The van der Waals surface area contributed by atoms with E-state index in [2.05, 4.69) is 25.8 Å². The monoisotopic (exact) mass is 403 g/mol. The smallest absolute Gasteiger partial charge is 0.300 e. The van der Waals surface area contributed by atoms with E-state index in [-0.39, 0.29) is 17.2 Å². The van der Waals surface area contributed by atoms with Crippen LogP contribution in [0.4, 0.5) is 5.69 Å². The first-order valence-corrected chi connectivity index (χ1v) is 9.72. The molecule has 148 valence electrons. The lowest BCUT2D eigenvalue weighted by atomic mass is 9.94. The highest BCUT2D eigenvalue weighted by Gasteiger charge is 2.22. The molecule has 0 aliphatic heterocycles. The maximum atomic E-state index is 12.7. The van der Waals surface area contributed by atoms with Gasteiger partial charge in [-0.05, 0) is 56.0 Å². The number of aliphatic carboxylic acids is 1. The molecule has 3 aromatic rings. The molecule has 3 heterocycles. The zero-order chi connectivity index (χ0) is 20.4. The Balaban J connectivity index is 0.000000516. The molecule has 0 unspecified atom stereocenters. The Labute approximate surface area is 164 Å². The number of carbonyl (C=O) groups is 2. The standard InChI is InChI=1S/C16H17N5O2S.C2H4O2/c1-8-12(15(23)21-16(17-8)18-9(2)20-21)19-14(22)13-11-6-4-3-5-10(11)7-24-13;1-2(3)4/h7H,3-6H2,1-2H3,(H,19,22)(H,17,18,20);1H3,(H,3,4). The number of H-pyrrole nitrogens is 1. The van der Waals surface area contributed by atoms with Crippen LogP contribution in [0.25, 0.3) is 5.78 Å². The number of aromatic amines is 1. The molecule has 0 saturated carbocycles. The molecule has 0 fully saturated rings. The zero-order valence-corrected chi connectivity index (χ0v) is 16.6. The molecule has 9 nitrogen and oxygen atoms in total. The summed E-state index contributed by atoms with van der Waals surface area (Å²) in [6.07, 6.45) is 4.23. The number of aromatic nitrogens is 4. The molecule has 0 aromatic carbocycles. The summed E-state index contributed by atoms with van der Waals surface area (Å²) in [5.74, 6) is -0.169. The van der Waals surface area contributed by atoms with Gasteiger partial charge in [0, 0.05) is 6.92 Å². The molecule has 1 aliphatic rings. The third kappa shape index (κ3) is 3.96. The largest absolute Gasteiger partial charge is 0.481 e. The number of fused-ring (bicyclic) bond motifs is 2. The Hall–Kier alpha value is -3.01. The third-order valence-electron chi connectivity index (χ3n) is 4.34. The number of thiophene rings is 1. The minimum absolute atomic E-state index is 0.194. The fourth-order valence-electron chi connectivity index (χ4n) is 3.15. The molecule has 1 aliphatic carbocycles. The Morgan fingerprint density at radius 1 is 1.25 bits per heavy atom. The number of hydrogen-bond donors (Lipinski definition) is 3. The summed E-state index contributed by atoms with van der Waals surface area (Å²) in [6.45, 7) is 4.53. The van der Waals surface area contributed by atoms with E-state index in [1.54, 1.807) is 13.8 Å². The highest BCUT2D eigenvalue weighted by Crippen LogP contribution is 2.30. The molecule has 4 rings (SSSR count). The molecular weight excluding hydrogens is 382 g/mol. The molecule has 1 amide bonds. The topological polar surface area (TPSA) is 129 Å². The molecule has 3 N–H and O–H groups in total. The van der Waals surface area contributed by atoms with Gasteiger partial charge in [0.25, 0.3) is 23.2 Å². The Morgan fingerprint density at radius 3 is 2.64 bits per heavy atom. The summed E-state index contributed by atoms with van der Waals surface area (Å²) in [5.41, 5.74) is 2.71. The number of carbonyl (C=O) groups excluding carboxylic acids is 1. The fraction of sp³-hybridized carbons (Fsp3) is 0.389. The van der Waals surface area contributed by atoms with E-state index >= 15 is 0 Å². The number of nitrogens with zero attached hydrogens (tertiary/aromatic N) is 3. The van der Waals surface area contributed by atoms with Crippen molar-refractivity contribution in [2.75, 3.05) is 5.32 Å². The summed E-state index contributed by atoms with van der Waals surface area (Å²) in [6, 6.07) is 0. The predicted octanol–water partition coefficient (Wildman–Crippen LogP) is 2.32. The van der Waals surface area contributed by atoms with Crippen LogP contribution in [-0.2, 0) is 17.6 Å². The van der Waals surface area contributed by atoms with Crippen molar-refractivity contribution < 1.29 is 14.7 Å². The maximum Gasteiger partial charge on any atom is 0.300 e. The van der Waals surface area contributed by atoms with Gasteiger partial charge in [0.05, 0.1) is 10.6 Å². The quantitative estimate of drug-likeness (QED) is 0.602. The molecule has 0 radical (unpaired) electrons. The van der Waals surface area contributed by atoms with Gasteiger partial charge < -0.3 is 10.4 Å². The van der Waals surface area contributed by atoms with Crippen molar-refractivity contribution in [1.82, 2.24) is 19.6 Å². The number of hydrogen-bond acceptors (Lipinski definition) is 6. The van der Waals surface area contributed by atoms with Crippen LogP contribution in [0.5, 0.6) is 0 Å². The van der Waals surface area contributed by atoms with E-state index in [0.29, 0.717) is 22.2 Å². The molecule has 28 heavy (non-hydrogen) atoms. The third-order valence-corrected chi connectivity index (χ3v) is 5.41. The number of aryl methyl sites for hydroxylation is 3. The lowest BCUT2D eigenvalue weighted by Gasteiger charge is -2.13. The highest BCUT2D eigenvalue weighted by atomic mass is 32.1. The van der Waals surface area contributed by atoms with E-state index in [0.717, 1.165) is 31.7 Å². The second kappa shape index (κ2) is 7.93. The van der Waals surface area contributed by atoms with E-state index in [1.807, 2.05) is 0 Å². The van der Waals surface area contributed by atoms with Gasteiger partial charge in [0.2, 0.25) is 0 Å². The van der Waals surface area contributed by atoms with E-state index in [4.69, 9.17) is 9.90 Å². The van der Waals surface area contributed by atoms with E-state index in [1.165, 1.54) is 27.8 Å². The normalized spacial score (nSPS) is 12.8. The van der Waals surface area contributed by atoms with Crippen molar-refractivity contribution in [3.8, 4) is 0 Å². The van der Waals surface area contributed by atoms with Gasteiger partial charge >= 0.3 is 0 Å². The van der Waals surface area contributed by atoms with Crippen LogP contribution < -0.4 is 10.9 Å². The average molecular weight is 403 g/mol. The molecule has 0 bridgehead atoms. The van der Waals surface area contributed by atoms with Crippen molar-refractivity contribution in [1.29, 1.82) is 0 Å². The van der Waals surface area contributed by atoms with Gasteiger partial charge in [-0.25, -0.2) is 4.98 Å². The lowest BCUT2D eigenvalue weighted by molar-refractivity contribution is -0.134. The maximum absolute atomic E-state index is 12.7. The van der Waals surface area contributed by atoms with Crippen molar-refractivity contribution >= 4 is 34.7 Å². The van der Waals surface area contributed by atoms with Crippen LogP contribution in [0.2, 0.25) is 0 Å². The number of carboxylic acids is 1. The lowest BCUT2D eigenvalue weighted by Crippen LogP contribution is -2.25. The van der Waals surface area contributed by atoms with Crippen LogP contribution in [0, 0.1) is 13.8 Å². The van der Waals surface area contributed by atoms with Crippen LogP contribution in [-0.4, -0.2) is 36.6 Å². The second-order valence-corrected chi connectivity index (χ2v) is 7.45. The molecule has 3 aromatic heterocycles. The van der Waals surface area contributed by atoms with Gasteiger partial charge in [-0.2, -0.15) is 9.50 Å². The van der Waals surface area contributed by atoms with Crippen LogP contribution in [0.3, 0.4) is 0 Å². The SMILES string of the molecule is CC(=O)O.Cc1nc2nc(C)c(NC(=O)c3scc4c3CCCC4)c(=O)n2[nH]1. The number of nitrogens with one attached hydrogen (secondary N) is 2. The van der Waals surface area contributed by atoms with E-state index in [9.17, 15) is 9.59 Å². The van der Waals surface area contributed by atoms with Crippen LogP contribution >= 0.6 is 11.3 Å². The molecule has 0 spiro atoms. The number of carboxylic acid groups (broad SMARTS) is 1. The first-order valence-electron chi connectivity index (χ1n) is 8.84. The number of rotatable bonds is 2. The van der Waals surface area contributed by atoms with Crippen LogP contribution in [0.1, 0.15) is 52.1 Å². The van der Waals surface area contributed by atoms with Gasteiger partial charge in [0.1, 0.15) is 11.5 Å². The van der Waals surface area contributed by atoms with Crippen molar-refractivity contribution in [3.63, 3.8) is 0 Å². The Morgan fingerprint density at radius 2 is 1.93 bits per heavy atom. The minimum atomic E-state index is -0.833. The van der Waals surface area contributed by atoms with Gasteiger partial charge in [-0.15, -0.1) is 11.3 Å². The number of anilines is 1. The molecule has 0 atom stereocenters. The zero-order valence-electron chi connectivity index (χ0n) is 15.8. The van der Waals surface area contributed by atoms with Crippen LogP contribution in [0.15, 0.2) is 10.2 Å². The summed E-state index contributed by atoms with van der Waals surface area (Å²) in [4.78, 5) is 43.4. The highest BCUT2D eigenvalue weighted by molar-refractivity contribution is 7.12. The number of amides is 1. The molecule has 0 saturated heterocycles. The summed E-state index contributed by atoms with van der Waals surface area (Å²) < 4.78 is 1.25. The molecule has 10 heteroatoms. The first kappa shape index (κ1) is 19.7. The average Bonchev–Trinajstić information content (AvgIpc) is 3.21. The van der Waals surface area contributed by atoms with Gasteiger partial charge in [-0.1, -0.05) is 0 Å². The second-order valence-electron chi connectivity index (χ2n) is 6.57. The van der Waals surface area contributed by atoms with Gasteiger partial charge in [0.15, 0.2) is 0 Å². The summed E-state index contributed by atoms with van der Waals surface area (Å²) in [5, 5.41) is 15.1. The van der Waals surface area contributed by atoms with Gasteiger partial charge in [-0.3, -0.25) is 19.5 Å². The Kier molecular flexibility index (Phi) is 5.59. The molecular formula is C18H21N5O4S. The first-order chi connectivity index (χ1) is 13.3. The van der Waals surface area contributed by atoms with Crippen molar-refractivity contribution in [3.05, 3.63) is 43.3 Å². The van der Waals surface area contributed by atoms with Crippen molar-refractivity contribution in [2.24, 2.45) is 0 Å². The summed E-state index contributed by atoms with van der Waals surface area (Å²) in [7, 11) is 0. The van der Waals surface area contributed by atoms with Crippen molar-refractivity contribution in [2.45, 2.75) is 46.5 Å².